The summed E-state index contributed by atoms with van der Waals surface area (Å²) < 4.78 is 2.00. The van der Waals surface area contributed by atoms with E-state index in [9.17, 15) is 4.79 Å². The normalized spacial score (nSPS) is 18.2. The zero-order valence-corrected chi connectivity index (χ0v) is 14.5. The molecule has 1 aliphatic heterocycles. The number of fused-ring (bicyclic) bond motifs is 2. The molecule has 0 fully saturated rings. The van der Waals surface area contributed by atoms with Crippen LogP contribution in [0.25, 0.3) is 10.9 Å². The molecule has 0 saturated carbocycles. The summed E-state index contributed by atoms with van der Waals surface area (Å²) in [7, 11) is 0. The molecule has 0 saturated heterocycles. The summed E-state index contributed by atoms with van der Waals surface area (Å²) in [6, 6.07) is 7.65. The molecule has 0 spiro atoms. The van der Waals surface area contributed by atoms with Crippen molar-refractivity contribution in [3.63, 3.8) is 0 Å². The van der Waals surface area contributed by atoms with Crippen molar-refractivity contribution in [1.29, 1.82) is 0 Å². The molecule has 3 aromatic rings. The van der Waals surface area contributed by atoms with Gasteiger partial charge in [-0.1, -0.05) is 19.1 Å². The smallest absolute Gasteiger partial charge is 0.258 e. The standard InChI is InChI=1S/C18H22N6O/c1-3-15-21-16-9-8-12(10-24(16)23-15)19-11(2)17-20-14-7-5-4-6-13(14)18(25)22-17/h4-7,11-12,19H,3,8-10H2,1-2H3,(H,20,22,25). The molecule has 2 unspecified atom stereocenters. The number of aromatic amines is 1. The van der Waals surface area contributed by atoms with Crippen LogP contribution in [0.1, 0.15) is 43.8 Å². The Bertz CT molecular complexity index is 960. The topological polar surface area (TPSA) is 88.5 Å². The largest absolute Gasteiger partial charge is 0.309 e. The minimum atomic E-state index is -0.0935. The van der Waals surface area contributed by atoms with Gasteiger partial charge >= 0.3 is 0 Å². The number of rotatable bonds is 4. The molecule has 7 nitrogen and oxygen atoms in total. The third-order valence-corrected chi connectivity index (χ3v) is 4.75. The highest BCUT2D eigenvalue weighted by molar-refractivity contribution is 5.77. The average molecular weight is 338 g/mol. The van der Waals surface area contributed by atoms with Gasteiger partial charge in [-0.3, -0.25) is 4.79 Å². The number of hydrogen-bond donors (Lipinski definition) is 2. The Labute approximate surface area is 145 Å². The number of H-pyrrole nitrogens is 1. The van der Waals surface area contributed by atoms with E-state index in [1.807, 2.05) is 29.8 Å². The number of nitrogens with zero attached hydrogens (tertiary/aromatic N) is 4. The fourth-order valence-electron chi connectivity index (χ4n) is 3.39. The van der Waals surface area contributed by atoms with Crippen LogP contribution in [0.4, 0.5) is 0 Å². The van der Waals surface area contributed by atoms with E-state index in [1.54, 1.807) is 6.07 Å². The van der Waals surface area contributed by atoms with E-state index >= 15 is 0 Å². The first kappa shape index (κ1) is 16.0. The Hall–Kier alpha value is -2.54. The Balaban J connectivity index is 1.52. The van der Waals surface area contributed by atoms with Gasteiger partial charge in [0.1, 0.15) is 11.6 Å². The molecule has 0 aliphatic carbocycles. The first-order valence-corrected chi connectivity index (χ1v) is 8.81. The van der Waals surface area contributed by atoms with Gasteiger partial charge in [-0.15, -0.1) is 0 Å². The van der Waals surface area contributed by atoms with Crippen molar-refractivity contribution in [2.75, 3.05) is 0 Å². The third kappa shape index (κ3) is 3.07. The lowest BCUT2D eigenvalue weighted by atomic mass is 10.1. The highest BCUT2D eigenvalue weighted by Crippen LogP contribution is 2.17. The van der Waals surface area contributed by atoms with Crippen LogP contribution in [-0.2, 0) is 19.4 Å². The number of benzene rings is 1. The maximum Gasteiger partial charge on any atom is 0.258 e. The number of aryl methyl sites for hydroxylation is 2. The molecule has 2 aromatic heterocycles. The number of nitrogens with one attached hydrogen (secondary N) is 2. The summed E-state index contributed by atoms with van der Waals surface area (Å²) >= 11 is 0. The van der Waals surface area contributed by atoms with Gasteiger partial charge in [-0.2, -0.15) is 5.10 Å². The summed E-state index contributed by atoms with van der Waals surface area (Å²) in [5.74, 6) is 2.64. The number of para-hydroxylation sites is 1. The lowest BCUT2D eigenvalue weighted by Gasteiger charge is -2.26. The van der Waals surface area contributed by atoms with E-state index in [0.717, 1.165) is 43.0 Å². The van der Waals surface area contributed by atoms with Gasteiger partial charge in [0.2, 0.25) is 0 Å². The highest BCUT2D eigenvalue weighted by atomic mass is 16.1. The lowest BCUT2D eigenvalue weighted by Crippen LogP contribution is -2.40. The summed E-state index contributed by atoms with van der Waals surface area (Å²) in [4.78, 5) is 24.3. The van der Waals surface area contributed by atoms with E-state index in [-0.39, 0.29) is 17.6 Å². The molecule has 1 aliphatic rings. The van der Waals surface area contributed by atoms with Gasteiger partial charge in [0.05, 0.1) is 23.5 Å². The summed E-state index contributed by atoms with van der Waals surface area (Å²) in [5, 5.41) is 8.74. The summed E-state index contributed by atoms with van der Waals surface area (Å²) in [6.45, 7) is 4.90. The van der Waals surface area contributed by atoms with Crippen molar-refractivity contribution >= 4 is 10.9 Å². The molecular formula is C18H22N6O. The summed E-state index contributed by atoms with van der Waals surface area (Å²) in [5.41, 5.74) is 0.633. The molecule has 2 atom stereocenters. The fraction of sp³-hybridized carbons (Fsp3) is 0.444. The zero-order valence-electron chi connectivity index (χ0n) is 14.5. The maximum absolute atomic E-state index is 12.2. The molecule has 1 aromatic carbocycles. The Kier molecular flexibility index (Phi) is 4.09. The van der Waals surface area contributed by atoms with Crippen LogP contribution >= 0.6 is 0 Å². The minimum absolute atomic E-state index is 0.0435. The van der Waals surface area contributed by atoms with E-state index in [0.29, 0.717) is 11.2 Å². The van der Waals surface area contributed by atoms with E-state index in [2.05, 4.69) is 32.3 Å². The van der Waals surface area contributed by atoms with E-state index in [4.69, 9.17) is 0 Å². The molecule has 25 heavy (non-hydrogen) atoms. The molecule has 3 heterocycles. The zero-order chi connectivity index (χ0) is 17.4. The van der Waals surface area contributed by atoms with Crippen LogP contribution in [-0.4, -0.2) is 30.8 Å². The van der Waals surface area contributed by atoms with Crippen molar-refractivity contribution in [3.05, 3.63) is 52.1 Å². The van der Waals surface area contributed by atoms with Crippen LogP contribution in [0.15, 0.2) is 29.1 Å². The molecule has 4 rings (SSSR count). The second-order valence-electron chi connectivity index (χ2n) is 6.57. The third-order valence-electron chi connectivity index (χ3n) is 4.75. The van der Waals surface area contributed by atoms with Crippen LogP contribution in [0.5, 0.6) is 0 Å². The predicted octanol–water partition coefficient (Wildman–Crippen LogP) is 1.74. The van der Waals surface area contributed by atoms with Gasteiger partial charge < -0.3 is 10.3 Å². The van der Waals surface area contributed by atoms with Crippen LogP contribution in [0.3, 0.4) is 0 Å². The SMILES string of the molecule is CCc1nc2n(n1)CC(NC(C)c1nc3ccccc3c(=O)[nH]1)CC2. The molecule has 0 radical (unpaired) electrons. The van der Waals surface area contributed by atoms with E-state index in [1.165, 1.54) is 0 Å². The van der Waals surface area contributed by atoms with Crippen molar-refractivity contribution in [2.45, 2.75) is 51.7 Å². The van der Waals surface area contributed by atoms with Crippen LogP contribution in [0, 0.1) is 0 Å². The molecule has 130 valence electrons. The first-order chi connectivity index (χ1) is 12.1. The van der Waals surface area contributed by atoms with Gasteiger partial charge in [-0.05, 0) is 25.5 Å². The van der Waals surface area contributed by atoms with Crippen LogP contribution in [0.2, 0.25) is 0 Å². The Morgan fingerprint density at radius 2 is 2.20 bits per heavy atom. The van der Waals surface area contributed by atoms with Crippen molar-refractivity contribution in [1.82, 2.24) is 30.0 Å². The van der Waals surface area contributed by atoms with E-state index < -0.39 is 0 Å². The fourth-order valence-corrected chi connectivity index (χ4v) is 3.39. The molecule has 0 amide bonds. The van der Waals surface area contributed by atoms with Gasteiger partial charge in [0.25, 0.3) is 5.56 Å². The van der Waals surface area contributed by atoms with Gasteiger partial charge in [0, 0.05) is 18.9 Å². The monoisotopic (exact) mass is 338 g/mol. The number of aromatic nitrogens is 5. The molecular weight excluding hydrogens is 316 g/mol. The van der Waals surface area contributed by atoms with Crippen LogP contribution < -0.4 is 10.9 Å². The quantitative estimate of drug-likeness (QED) is 0.756. The first-order valence-electron chi connectivity index (χ1n) is 8.81. The predicted molar refractivity (Wildman–Crippen MR) is 95.4 cm³/mol. The molecule has 7 heteroatoms. The van der Waals surface area contributed by atoms with Gasteiger partial charge in [-0.25, -0.2) is 14.6 Å². The highest BCUT2D eigenvalue weighted by Gasteiger charge is 2.23. The second kappa shape index (κ2) is 6.40. The van der Waals surface area contributed by atoms with Crippen molar-refractivity contribution < 1.29 is 0 Å². The minimum Gasteiger partial charge on any atom is -0.309 e. The molecule has 0 bridgehead atoms. The van der Waals surface area contributed by atoms with Crippen molar-refractivity contribution in [3.8, 4) is 0 Å². The van der Waals surface area contributed by atoms with Gasteiger partial charge in [0.15, 0.2) is 5.82 Å². The Morgan fingerprint density at radius 3 is 3.04 bits per heavy atom. The Morgan fingerprint density at radius 1 is 1.36 bits per heavy atom. The lowest BCUT2D eigenvalue weighted by molar-refractivity contribution is 0.330. The average Bonchev–Trinajstić information content (AvgIpc) is 3.04. The molecule has 2 N–H and O–H groups in total. The summed E-state index contributed by atoms with van der Waals surface area (Å²) in [6.07, 6.45) is 2.78. The van der Waals surface area contributed by atoms with Crippen molar-refractivity contribution in [2.24, 2.45) is 0 Å². The second-order valence-corrected chi connectivity index (χ2v) is 6.57. The maximum atomic E-state index is 12.2. The number of hydrogen-bond acceptors (Lipinski definition) is 5.